The molecule has 0 aliphatic carbocycles. The molecule has 1 aliphatic heterocycles. The highest BCUT2D eigenvalue weighted by molar-refractivity contribution is 5.65. The van der Waals surface area contributed by atoms with Gasteiger partial charge in [0.1, 0.15) is 12.7 Å². The van der Waals surface area contributed by atoms with Gasteiger partial charge in [-0.2, -0.15) is 0 Å². The number of hydrogen-bond acceptors (Lipinski definition) is 5. The number of hydrogen-bond donors (Lipinski definition) is 1. The average Bonchev–Trinajstić information content (AvgIpc) is 2.48. The number of carbonyl (C=O) groups excluding carboxylic acids is 1. The van der Waals surface area contributed by atoms with E-state index in [-0.39, 0.29) is 25.3 Å². The Labute approximate surface area is 70.2 Å². The van der Waals surface area contributed by atoms with Crippen molar-refractivity contribution in [3.05, 3.63) is 0 Å². The normalized spacial score (nSPS) is 28.8. The van der Waals surface area contributed by atoms with E-state index in [0.717, 1.165) is 0 Å². The first-order valence-electron chi connectivity index (χ1n) is 3.73. The molecule has 12 heavy (non-hydrogen) atoms. The Morgan fingerprint density at radius 1 is 1.75 bits per heavy atom. The van der Waals surface area contributed by atoms with Crippen molar-refractivity contribution < 1.29 is 24.1 Å². The van der Waals surface area contributed by atoms with Crippen LogP contribution in [0.3, 0.4) is 0 Å². The van der Waals surface area contributed by atoms with Gasteiger partial charge in [0.15, 0.2) is 6.29 Å². The topological polar surface area (TPSA) is 65.0 Å². The van der Waals surface area contributed by atoms with E-state index in [1.165, 1.54) is 6.92 Å². The SMILES string of the molecule is CC(=O)OCC1OCC(CO)O1. The zero-order valence-electron chi connectivity index (χ0n) is 6.86. The average molecular weight is 176 g/mol. The number of esters is 1. The van der Waals surface area contributed by atoms with Crippen molar-refractivity contribution >= 4 is 5.97 Å². The number of rotatable bonds is 3. The van der Waals surface area contributed by atoms with Gasteiger partial charge in [-0.15, -0.1) is 0 Å². The molecule has 5 heteroatoms. The lowest BCUT2D eigenvalue weighted by molar-refractivity contribution is -0.155. The molecule has 0 radical (unpaired) electrons. The minimum absolute atomic E-state index is 0.0728. The van der Waals surface area contributed by atoms with E-state index in [2.05, 4.69) is 4.74 Å². The third-order valence-electron chi connectivity index (χ3n) is 1.44. The number of ether oxygens (including phenoxy) is 3. The zero-order valence-corrected chi connectivity index (χ0v) is 6.86. The van der Waals surface area contributed by atoms with Crippen LogP contribution in [-0.4, -0.2) is 43.3 Å². The summed E-state index contributed by atoms with van der Waals surface area (Å²) in [6.45, 7) is 1.68. The Hall–Kier alpha value is -0.650. The largest absolute Gasteiger partial charge is 0.460 e. The molecule has 0 bridgehead atoms. The number of aliphatic hydroxyl groups excluding tert-OH is 1. The van der Waals surface area contributed by atoms with Gasteiger partial charge in [0.25, 0.3) is 0 Å². The van der Waals surface area contributed by atoms with E-state index >= 15 is 0 Å². The Morgan fingerprint density at radius 3 is 3.00 bits per heavy atom. The molecule has 2 unspecified atom stereocenters. The molecule has 1 N–H and O–H groups in total. The summed E-state index contributed by atoms with van der Waals surface area (Å²) in [6.07, 6.45) is -0.809. The minimum atomic E-state index is -0.522. The molecule has 0 amide bonds. The Morgan fingerprint density at radius 2 is 2.50 bits per heavy atom. The maximum atomic E-state index is 10.4. The summed E-state index contributed by atoms with van der Waals surface area (Å²) in [4.78, 5) is 10.4. The van der Waals surface area contributed by atoms with Crippen molar-refractivity contribution in [2.24, 2.45) is 0 Å². The molecule has 0 aromatic rings. The molecular weight excluding hydrogens is 164 g/mol. The van der Waals surface area contributed by atoms with Gasteiger partial charge in [0.05, 0.1) is 13.2 Å². The van der Waals surface area contributed by atoms with Crippen LogP contribution in [0.4, 0.5) is 0 Å². The van der Waals surface area contributed by atoms with E-state index in [0.29, 0.717) is 6.61 Å². The molecule has 0 saturated carbocycles. The smallest absolute Gasteiger partial charge is 0.302 e. The van der Waals surface area contributed by atoms with E-state index < -0.39 is 6.29 Å². The fourth-order valence-electron chi connectivity index (χ4n) is 0.876. The second kappa shape index (κ2) is 4.39. The molecule has 1 fully saturated rings. The third-order valence-corrected chi connectivity index (χ3v) is 1.44. The van der Waals surface area contributed by atoms with Crippen molar-refractivity contribution in [3.8, 4) is 0 Å². The van der Waals surface area contributed by atoms with Crippen LogP contribution in [0.5, 0.6) is 0 Å². The second-order valence-corrected chi connectivity index (χ2v) is 2.51. The van der Waals surface area contributed by atoms with Crippen LogP contribution in [0.25, 0.3) is 0 Å². The minimum Gasteiger partial charge on any atom is -0.460 e. The molecule has 1 aliphatic rings. The number of aliphatic hydroxyl groups is 1. The maximum Gasteiger partial charge on any atom is 0.302 e. The zero-order chi connectivity index (χ0) is 8.97. The van der Waals surface area contributed by atoms with E-state index in [4.69, 9.17) is 14.6 Å². The first-order valence-corrected chi connectivity index (χ1v) is 3.73. The van der Waals surface area contributed by atoms with Gasteiger partial charge in [-0.25, -0.2) is 0 Å². The fourth-order valence-corrected chi connectivity index (χ4v) is 0.876. The Balaban J connectivity index is 2.15. The van der Waals surface area contributed by atoms with E-state index in [1.54, 1.807) is 0 Å². The van der Waals surface area contributed by atoms with Crippen molar-refractivity contribution in [1.82, 2.24) is 0 Å². The third kappa shape index (κ3) is 2.77. The molecule has 1 heterocycles. The summed E-state index contributed by atoms with van der Waals surface area (Å²) in [6, 6.07) is 0. The molecule has 5 nitrogen and oxygen atoms in total. The van der Waals surface area contributed by atoms with Crippen LogP contribution >= 0.6 is 0 Å². The summed E-state index contributed by atoms with van der Waals surface area (Å²) in [5.74, 6) is -0.366. The summed E-state index contributed by atoms with van der Waals surface area (Å²) >= 11 is 0. The Kier molecular flexibility index (Phi) is 3.46. The second-order valence-electron chi connectivity index (χ2n) is 2.51. The van der Waals surface area contributed by atoms with Crippen molar-refractivity contribution in [1.29, 1.82) is 0 Å². The first kappa shape index (κ1) is 9.44. The maximum absolute atomic E-state index is 10.4. The van der Waals surface area contributed by atoms with Gasteiger partial charge in [0, 0.05) is 6.92 Å². The molecular formula is C7H12O5. The Bertz CT molecular complexity index is 158. The van der Waals surface area contributed by atoms with Gasteiger partial charge in [0.2, 0.25) is 0 Å². The fraction of sp³-hybridized carbons (Fsp3) is 0.857. The van der Waals surface area contributed by atoms with Crippen molar-refractivity contribution in [2.75, 3.05) is 19.8 Å². The summed E-state index contributed by atoms with van der Waals surface area (Å²) in [5, 5.41) is 8.65. The molecule has 0 aromatic carbocycles. The van der Waals surface area contributed by atoms with Gasteiger partial charge < -0.3 is 19.3 Å². The molecule has 70 valence electrons. The lowest BCUT2D eigenvalue weighted by Gasteiger charge is -2.09. The van der Waals surface area contributed by atoms with Crippen LogP contribution in [0, 0.1) is 0 Å². The number of carbonyl (C=O) groups is 1. The van der Waals surface area contributed by atoms with Gasteiger partial charge >= 0.3 is 5.97 Å². The van der Waals surface area contributed by atoms with Crippen LogP contribution < -0.4 is 0 Å². The lowest BCUT2D eigenvalue weighted by Crippen LogP contribution is -2.21. The lowest BCUT2D eigenvalue weighted by atomic mass is 10.4. The van der Waals surface area contributed by atoms with Gasteiger partial charge in [-0.05, 0) is 0 Å². The molecule has 2 atom stereocenters. The summed E-state index contributed by atoms with van der Waals surface area (Å²) in [5.41, 5.74) is 0. The quantitative estimate of drug-likeness (QED) is 0.575. The predicted molar refractivity (Wildman–Crippen MR) is 38.3 cm³/mol. The van der Waals surface area contributed by atoms with Crippen LogP contribution in [0.15, 0.2) is 0 Å². The molecule has 1 saturated heterocycles. The molecule has 0 spiro atoms. The van der Waals surface area contributed by atoms with Crippen LogP contribution in [0.1, 0.15) is 6.92 Å². The highest BCUT2D eigenvalue weighted by Gasteiger charge is 2.25. The van der Waals surface area contributed by atoms with Crippen molar-refractivity contribution in [2.45, 2.75) is 19.3 Å². The highest BCUT2D eigenvalue weighted by Crippen LogP contribution is 2.10. The van der Waals surface area contributed by atoms with Crippen LogP contribution in [-0.2, 0) is 19.0 Å². The molecule has 0 aromatic heterocycles. The van der Waals surface area contributed by atoms with Crippen molar-refractivity contribution in [3.63, 3.8) is 0 Å². The first-order chi connectivity index (χ1) is 5.72. The molecule has 1 rings (SSSR count). The summed E-state index contributed by atoms with van der Waals surface area (Å²) < 4.78 is 14.8. The standard InChI is InChI=1S/C7H12O5/c1-5(9)10-4-7-11-3-6(2-8)12-7/h6-8H,2-4H2,1H3. The van der Waals surface area contributed by atoms with E-state index in [9.17, 15) is 4.79 Å². The van der Waals surface area contributed by atoms with Gasteiger partial charge in [-0.3, -0.25) is 4.79 Å². The van der Waals surface area contributed by atoms with Gasteiger partial charge in [-0.1, -0.05) is 0 Å². The monoisotopic (exact) mass is 176 g/mol. The predicted octanol–water partition coefficient (Wildman–Crippen LogP) is -0.717. The van der Waals surface area contributed by atoms with E-state index in [1.807, 2.05) is 0 Å². The van der Waals surface area contributed by atoms with Crippen LogP contribution in [0.2, 0.25) is 0 Å². The summed E-state index contributed by atoms with van der Waals surface area (Å²) in [7, 11) is 0. The highest BCUT2D eigenvalue weighted by atomic mass is 16.7.